The fourth-order valence-electron chi connectivity index (χ4n) is 6.38. The molecule has 0 radical (unpaired) electrons. The van der Waals surface area contributed by atoms with Gasteiger partial charge >= 0.3 is 0 Å². The number of benzene rings is 5. The average Bonchev–Trinajstić information content (AvgIpc) is 3.19. The molecule has 5 aromatic carbocycles. The molecule has 1 N–H and O–H groups in total. The van der Waals surface area contributed by atoms with Crippen LogP contribution in [0, 0.1) is 0 Å². The molecule has 0 bridgehead atoms. The Morgan fingerprint density at radius 1 is 0.314 bits per heavy atom. The second kappa shape index (κ2) is 20.0. The largest absolute Gasteiger partial charge is 0.396 e. The second-order valence-corrected chi connectivity index (χ2v) is 12.7. The normalized spacial score (nSPS) is 21.7. The molecule has 0 aromatic heterocycles. The maximum atomic E-state index is 9.76. The van der Waals surface area contributed by atoms with Crippen molar-refractivity contribution in [3.63, 3.8) is 0 Å². The van der Waals surface area contributed by atoms with Gasteiger partial charge in [-0.15, -0.1) is 0 Å². The zero-order chi connectivity index (χ0) is 34.9. The predicted molar refractivity (Wildman–Crippen MR) is 197 cm³/mol. The third kappa shape index (κ3) is 10.9. The van der Waals surface area contributed by atoms with E-state index in [1.807, 2.05) is 140 Å². The van der Waals surface area contributed by atoms with Gasteiger partial charge in [-0.05, 0) is 34.2 Å². The Labute approximate surface area is 301 Å². The molecule has 51 heavy (non-hydrogen) atoms. The number of hydrogen-bond acceptors (Lipinski definition) is 7. The van der Waals surface area contributed by atoms with Crippen molar-refractivity contribution in [1.82, 2.24) is 0 Å². The maximum Gasteiger partial charge on any atom is 0.116 e. The fraction of sp³-hybridized carbons (Fsp3) is 0.318. The molecular weight excluding hydrogens is 640 g/mol. The van der Waals surface area contributed by atoms with Crippen molar-refractivity contribution in [2.24, 2.45) is 0 Å². The van der Waals surface area contributed by atoms with Gasteiger partial charge in [-0.2, -0.15) is 0 Å². The van der Waals surface area contributed by atoms with Gasteiger partial charge in [0.1, 0.15) is 36.6 Å². The van der Waals surface area contributed by atoms with Crippen molar-refractivity contribution < 1.29 is 33.5 Å². The Balaban J connectivity index is 1.40. The van der Waals surface area contributed by atoms with Crippen molar-refractivity contribution in [2.45, 2.75) is 76.1 Å². The number of rotatable bonds is 19. The first kappa shape index (κ1) is 36.6. The van der Waals surface area contributed by atoms with Gasteiger partial charge in [0.2, 0.25) is 0 Å². The molecule has 0 spiro atoms. The molecule has 266 valence electrons. The van der Waals surface area contributed by atoms with Gasteiger partial charge < -0.3 is 33.5 Å². The van der Waals surface area contributed by atoms with Crippen LogP contribution in [0.3, 0.4) is 0 Å². The standard InChI is InChI=1S/C44H48O7/c45-27-16-28-46-39-40(47-29-34-17-6-1-7-18-34)42(49-31-36-21-10-3-11-22-36)44(51-33-38-25-14-5-15-26-38)43(50-32-37-23-12-4-13-24-37)41(39)48-30-35-19-8-2-9-20-35/h1-15,17-26,39-45H,16,27-33H2/t39-,40?,41?,42?,43?,44+. The van der Waals surface area contributed by atoms with E-state index in [1.54, 1.807) is 0 Å². The first-order valence-electron chi connectivity index (χ1n) is 17.8. The quantitative estimate of drug-likeness (QED) is 0.0892. The van der Waals surface area contributed by atoms with Crippen molar-refractivity contribution in [2.75, 3.05) is 13.2 Å². The van der Waals surface area contributed by atoms with E-state index in [0.717, 1.165) is 27.8 Å². The molecule has 1 aliphatic rings. The molecule has 0 saturated heterocycles. The molecule has 5 aromatic rings. The summed E-state index contributed by atoms with van der Waals surface area (Å²) in [5, 5.41) is 9.76. The van der Waals surface area contributed by atoms with Crippen molar-refractivity contribution in [1.29, 1.82) is 0 Å². The van der Waals surface area contributed by atoms with Crippen LogP contribution in [0.25, 0.3) is 0 Å². The molecule has 7 nitrogen and oxygen atoms in total. The van der Waals surface area contributed by atoms with Crippen molar-refractivity contribution >= 4 is 0 Å². The first-order valence-corrected chi connectivity index (χ1v) is 17.8. The molecule has 7 heteroatoms. The summed E-state index contributed by atoms with van der Waals surface area (Å²) in [5.41, 5.74) is 5.15. The zero-order valence-electron chi connectivity index (χ0n) is 29.0. The molecule has 4 unspecified atom stereocenters. The molecule has 4 atom stereocenters. The Bertz CT molecular complexity index is 1540. The highest BCUT2D eigenvalue weighted by Crippen LogP contribution is 2.36. The monoisotopic (exact) mass is 688 g/mol. The van der Waals surface area contributed by atoms with Gasteiger partial charge in [0.25, 0.3) is 0 Å². The van der Waals surface area contributed by atoms with Crippen molar-refractivity contribution in [3.8, 4) is 0 Å². The van der Waals surface area contributed by atoms with Gasteiger partial charge in [0.15, 0.2) is 0 Å². The van der Waals surface area contributed by atoms with Crippen LogP contribution in [0.2, 0.25) is 0 Å². The van der Waals surface area contributed by atoms with E-state index in [-0.39, 0.29) is 6.61 Å². The summed E-state index contributed by atoms with van der Waals surface area (Å²) < 4.78 is 41.1. The van der Waals surface area contributed by atoms with Crippen LogP contribution in [0.15, 0.2) is 152 Å². The molecule has 1 saturated carbocycles. The Morgan fingerprint density at radius 3 is 0.745 bits per heavy atom. The zero-order valence-corrected chi connectivity index (χ0v) is 29.0. The van der Waals surface area contributed by atoms with Crippen molar-refractivity contribution in [3.05, 3.63) is 179 Å². The Hall–Kier alpha value is -4.18. The summed E-state index contributed by atoms with van der Waals surface area (Å²) in [6.07, 6.45) is -3.16. The Kier molecular flexibility index (Phi) is 14.4. The summed E-state index contributed by atoms with van der Waals surface area (Å²) in [5.74, 6) is 0. The number of ether oxygens (including phenoxy) is 6. The number of aliphatic hydroxyl groups excluding tert-OH is 1. The minimum atomic E-state index is -0.609. The predicted octanol–water partition coefficient (Wildman–Crippen LogP) is 7.69. The smallest absolute Gasteiger partial charge is 0.116 e. The minimum absolute atomic E-state index is 0.00246. The van der Waals surface area contributed by atoms with E-state index in [0.29, 0.717) is 46.1 Å². The molecule has 0 heterocycles. The van der Waals surface area contributed by atoms with Crippen LogP contribution in [-0.2, 0) is 61.5 Å². The van der Waals surface area contributed by atoms with E-state index in [2.05, 4.69) is 12.1 Å². The van der Waals surface area contributed by atoms with E-state index in [9.17, 15) is 5.11 Å². The lowest BCUT2D eigenvalue weighted by Gasteiger charge is -2.49. The SMILES string of the molecule is OCCCO[C@H]1C(OCc2ccccc2)C(OCc2ccccc2)[C@@H](OCc2ccccc2)C(OCc2ccccc2)C1OCc1ccccc1. The third-order valence-electron chi connectivity index (χ3n) is 8.98. The van der Waals surface area contributed by atoms with Gasteiger partial charge in [-0.1, -0.05) is 152 Å². The summed E-state index contributed by atoms with van der Waals surface area (Å²) in [6, 6.07) is 50.5. The highest BCUT2D eigenvalue weighted by Gasteiger charge is 2.55. The van der Waals surface area contributed by atoms with E-state index < -0.39 is 36.6 Å². The number of aliphatic hydroxyl groups is 1. The van der Waals surface area contributed by atoms with Crippen LogP contribution in [0.5, 0.6) is 0 Å². The minimum Gasteiger partial charge on any atom is -0.396 e. The van der Waals surface area contributed by atoms with Crippen LogP contribution >= 0.6 is 0 Å². The topological polar surface area (TPSA) is 75.6 Å². The van der Waals surface area contributed by atoms with Crippen LogP contribution < -0.4 is 0 Å². The molecule has 0 aliphatic heterocycles. The van der Waals surface area contributed by atoms with Crippen LogP contribution in [0.4, 0.5) is 0 Å². The van der Waals surface area contributed by atoms with Gasteiger partial charge in [0, 0.05) is 13.2 Å². The molecule has 6 rings (SSSR count). The van der Waals surface area contributed by atoms with Crippen LogP contribution in [0.1, 0.15) is 34.2 Å². The molecular formula is C44H48O7. The first-order chi connectivity index (χ1) is 25.3. The summed E-state index contributed by atoms with van der Waals surface area (Å²) >= 11 is 0. The van der Waals surface area contributed by atoms with E-state index in [1.165, 1.54) is 0 Å². The lowest BCUT2D eigenvalue weighted by atomic mass is 9.83. The lowest BCUT2D eigenvalue weighted by molar-refractivity contribution is -0.290. The summed E-state index contributed by atoms with van der Waals surface area (Å²) in [4.78, 5) is 0. The average molecular weight is 689 g/mol. The van der Waals surface area contributed by atoms with Gasteiger partial charge in [-0.25, -0.2) is 0 Å². The highest BCUT2D eigenvalue weighted by molar-refractivity contribution is 5.18. The van der Waals surface area contributed by atoms with Gasteiger partial charge in [-0.3, -0.25) is 0 Å². The van der Waals surface area contributed by atoms with Crippen LogP contribution in [-0.4, -0.2) is 54.9 Å². The van der Waals surface area contributed by atoms with E-state index in [4.69, 9.17) is 28.4 Å². The second-order valence-electron chi connectivity index (χ2n) is 12.7. The number of hydrogen-bond donors (Lipinski definition) is 1. The Morgan fingerprint density at radius 2 is 0.529 bits per heavy atom. The summed E-state index contributed by atoms with van der Waals surface area (Å²) in [7, 11) is 0. The lowest BCUT2D eigenvalue weighted by Crippen LogP contribution is -2.67. The van der Waals surface area contributed by atoms with E-state index >= 15 is 0 Å². The third-order valence-corrected chi connectivity index (χ3v) is 8.98. The summed E-state index contributed by atoms with van der Waals surface area (Å²) in [6.45, 7) is 2.01. The molecule has 0 amide bonds. The fourth-order valence-corrected chi connectivity index (χ4v) is 6.38. The highest BCUT2D eigenvalue weighted by atomic mass is 16.6. The maximum absolute atomic E-state index is 9.76. The molecule has 1 fully saturated rings. The van der Waals surface area contributed by atoms with Gasteiger partial charge in [0.05, 0.1) is 33.0 Å². The molecule has 1 aliphatic carbocycles.